The second-order valence-electron chi connectivity index (χ2n) is 5.38. The van der Waals surface area contributed by atoms with Crippen molar-refractivity contribution >= 4 is 21.6 Å². The van der Waals surface area contributed by atoms with Crippen LogP contribution in [0.3, 0.4) is 0 Å². The van der Waals surface area contributed by atoms with Crippen LogP contribution < -0.4 is 4.72 Å². The Morgan fingerprint density at radius 2 is 1.56 bits per heavy atom. The van der Waals surface area contributed by atoms with E-state index >= 15 is 0 Å². The number of hydrogen-bond donors (Lipinski definition) is 1. The summed E-state index contributed by atoms with van der Waals surface area (Å²) in [5, 5.41) is 0.495. The molecule has 1 aromatic heterocycles. The topological polar surface area (TPSA) is 72.0 Å². The van der Waals surface area contributed by atoms with Crippen LogP contribution in [0.2, 0.25) is 5.02 Å². The molecule has 1 heterocycles. The molecular weight excluding hydrogens is 358 g/mol. The van der Waals surface area contributed by atoms with E-state index in [1.54, 1.807) is 24.5 Å². The number of hydrogen-bond acceptors (Lipinski definition) is 4. The third-order valence-electron chi connectivity index (χ3n) is 3.57. The van der Waals surface area contributed by atoms with Gasteiger partial charge in [0.05, 0.1) is 4.90 Å². The van der Waals surface area contributed by atoms with E-state index in [1.807, 2.05) is 30.3 Å². The minimum atomic E-state index is -3.55. The molecule has 5 nitrogen and oxygen atoms in total. The maximum atomic E-state index is 12.2. The van der Waals surface area contributed by atoms with Crippen molar-refractivity contribution in [3.8, 4) is 11.4 Å². The first kappa shape index (κ1) is 17.5. The Bertz CT molecular complexity index is 928. The molecule has 25 heavy (non-hydrogen) atoms. The van der Waals surface area contributed by atoms with Gasteiger partial charge in [-0.3, -0.25) is 0 Å². The summed E-state index contributed by atoms with van der Waals surface area (Å²) in [7, 11) is -3.55. The van der Waals surface area contributed by atoms with Gasteiger partial charge in [0.15, 0.2) is 5.82 Å². The number of nitrogens with zero attached hydrogens (tertiary/aromatic N) is 2. The lowest BCUT2D eigenvalue weighted by atomic mass is 10.2. The number of benzene rings is 2. The van der Waals surface area contributed by atoms with Crippen molar-refractivity contribution < 1.29 is 8.42 Å². The standard InChI is InChI=1S/C18H16ClN3O2S/c19-16-6-8-17(9-7-16)25(23,24)22-11-10-14-12-20-18(21-13-14)15-4-2-1-3-5-15/h1-9,12-13,22H,10-11H2. The molecule has 7 heteroatoms. The summed E-state index contributed by atoms with van der Waals surface area (Å²) in [5.74, 6) is 0.645. The predicted molar refractivity (Wildman–Crippen MR) is 97.8 cm³/mol. The Balaban J connectivity index is 1.59. The molecule has 2 aromatic carbocycles. The third kappa shape index (κ3) is 4.63. The molecule has 0 aliphatic carbocycles. The van der Waals surface area contributed by atoms with Gasteiger partial charge in [-0.25, -0.2) is 23.1 Å². The van der Waals surface area contributed by atoms with E-state index in [4.69, 9.17) is 11.6 Å². The van der Waals surface area contributed by atoms with Gasteiger partial charge < -0.3 is 0 Å². The van der Waals surface area contributed by atoms with Crippen LogP contribution in [0, 0.1) is 0 Å². The van der Waals surface area contributed by atoms with E-state index < -0.39 is 10.0 Å². The second kappa shape index (κ2) is 7.74. The number of rotatable bonds is 6. The van der Waals surface area contributed by atoms with Gasteiger partial charge in [-0.1, -0.05) is 41.9 Å². The van der Waals surface area contributed by atoms with Crippen molar-refractivity contribution in [2.75, 3.05) is 6.54 Å². The van der Waals surface area contributed by atoms with Gasteiger partial charge in [0.25, 0.3) is 0 Å². The smallest absolute Gasteiger partial charge is 0.236 e. The van der Waals surface area contributed by atoms with E-state index in [1.165, 1.54) is 12.1 Å². The van der Waals surface area contributed by atoms with Crippen molar-refractivity contribution in [1.29, 1.82) is 0 Å². The molecule has 1 N–H and O–H groups in total. The number of aromatic nitrogens is 2. The Kier molecular flexibility index (Phi) is 5.43. The molecule has 0 saturated carbocycles. The molecule has 0 amide bonds. The monoisotopic (exact) mass is 373 g/mol. The normalized spacial score (nSPS) is 11.4. The Morgan fingerprint density at radius 1 is 0.920 bits per heavy atom. The van der Waals surface area contributed by atoms with E-state index in [9.17, 15) is 8.42 Å². The Labute approximate surface area is 151 Å². The maximum Gasteiger partial charge on any atom is 0.240 e. The van der Waals surface area contributed by atoms with Crippen LogP contribution >= 0.6 is 11.6 Å². The largest absolute Gasteiger partial charge is 0.240 e. The molecule has 0 unspecified atom stereocenters. The van der Waals surface area contributed by atoms with Crippen LogP contribution in [-0.4, -0.2) is 24.9 Å². The zero-order valence-electron chi connectivity index (χ0n) is 13.3. The molecule has 0 spiro atoms. The van der Waals surface area contributed by atoms with Gasteiger partial charge in [-0.05, 0) is 36.2 Å². The van der Waals surface area contributed by atoms with Gasteiger partial charge in [0.2, 0.25) is 10.0 Å². The van der Waals surface area contributed by atoms with E-state index in [2.05, 4.69) is 14.7 Å². The summed E-state index contributed by atoms with van der Waals surface area (Å²) in [5.41, 5.74) is 1.80. The van der Waals surface area contributed by atoms with E-state index in [0.717, 1.165) is 11.1 Å². The molecule has 3 rings (SSSR count). The minimum Gasteiger partial charge on any atom is -0.236 e. The molecule has 0 aliphatic heterocycles. The van der Waals surface area contributed by atoms with E-state index in [0.29, 0.717) is 17.3 Å². The summed E-state index contributed by atoms with van der Waals surface area (Å²) in [6.45, 7) is 0.263. The van der Waals surface area contributed by atoms with Crippen LogP contribution in [0.1, 0.15) is 5.56 Å². The fourth-order valence-corrected chi connectivity index (χ4v) is 3.40. The zero-order valence-corrected chi connectivity index (χ0v) is 14.8. The predicted octanol–water partition coefficient (Wildman–Crippen LogP) is 3.32. The van der Waals surface area contributed by atoms with Gasteiger partial charge in [-0.15, -0.1) is 0 Å². The van der Waals surface area contributed by atoms with Crippen LogP contribution in [-0.2, 0) is 16.4 Å². The van der Waals surface area contributed by atoms with E-state index in [-0.39, 0.29) is 11.4 Å². The van der Waals surface area contributed by atoms with Crippen molar-refractivity contribution in [3.63, 3.8) is 0 Å². The molecule has 0 saturated heterocycles. The van der Waals surface area contributed by atoms with Crippen molar-refractivity contribution in [3.05, 3.63) is 77.6 Å². The molecule has 128 valence electrons. The highest BCUT2D eigenvalue weighted by molar-refractivity contribution is 7.89. The summed E-state index contributed by atoms with van der Waals surface area (Å²) < 4.78 is 26.9. The average Bonchev–Trinajstić information content (AvgIpc) is 2.63. The van der Waals surface area contributed by atoms with Crippen LogP contribution in [0.15, 0.2) is 71.9 Å². The van der Waals surface area contributed by atoms with Crippen LogP contribution in [0.25, 0.3) is 11.4 Å². The molecule has 0 radical (unpaired) electrons. The first-order chi connectivity index (χ1) is 12.0. The highest BCUT2D eigenvalue weighted by Gasteiger charge is 2.13. The molecule has 0 fully saturated rings. The van der Waals surface area contributed by atoms with Gasteiger partial charge >= 0.3 is 0 Å². The molecular formula is C18H16ClN3O2S. The quantitative estimate of drug-likeness (QED) is 0.719. The van der Waals surface area contributed by atoms with Crippen LogP contribution in [0.5, 0.6) is 0 Å². The first-order valence-corrected chi connectivity index (χ1v) is 9.52. The number of halogens is 1. The van der Waals surface area contributed by atoms with Gasteiger partial charge in [-0.2, -0.15) is 0 Å². The second-order valence-corrected chi connectivity index (χ2v) is 7.59. The molecule has 0 atom stereocenters. The van der Waals surface area contributed by atoms with Crippen molar-refractivity contribution in [1.82, 2.24) is 14.7 Å². The Morgan fingerprint density at radius 3 is 2.20 bits per heavy atom. The first-order valence-electron chi connectivity index (χ1n) is 7.66. The summed E-state index contributed by atoms with van der Waals surface area (Å²) in [6, 6.07) is 15.7. The van der Waals surface area contributed by atoms with Crippen molar-refractivity contribution in [2.24, 2.45) is 0 Å². The highest BCUT2D eigenvalue weighted by atomic mass is 35.5. The fourth-order valence-electron chi connectivity index (χ4n) is 2.25. The summed E-state index contributed by atoms with van der Waals surface area (Å²) in [4.78, 5) is 8.85. The SMILES string of the molecule is O=S(=O)(NCCc1cnc(-c2ccccc2)nc1)c1ccc(Cl)cc1. The average molecular weight is 374 g/mol. The lowest BCUT2D eigenvalue weighted by molar-refractivity contribution is 0.581. The molecule has 0 bridgehead atoms. The minimum absolute atomic E-state index is 0.188. The molecule has 3 aromatic rings. The van der Waals surface area contributed by atoms with Gasteiger partial charge in [0.1, 0.15) is 0 Å². The lowest BCUT2D eigenvalue weighted by Gasteiger charge is -2.07. The zero-order chi connectivity index (χ0) is 17.7. The molecule has 0 aliphatic rings. The number of sulfonamides is 1. The summed E-state index contributed by atoms with van der Waals surface area (Å²) >= 11 is 5.77. The summed E-state index contributed by atoms with van der Waals surface area (Å²) in [6.07, 6.45) is 3.93. The lowest BCUT2D eigenvalue weighted by Crippen LogP contribution is -2.26. The van der Waals surface area contributed by atoms with Crippen molar-refractivity contribution in [2.45, 2.75) is 11.3 Å². The van der Waals surface area contributed by atoms with Crippen LogP contribution in [0.4, 0.5) is 0 Å². The highest BCUT2D eigenvalue weighted by Crippen LogP contribution is 2.15. The third-order valence-corrected chi connectivity index (χ3v) is 5.30. The fraction of sp³-hybridized carbons (Fsp3) is 0.111. The number of nitrogens with one attached hydrogen (secondary N) is 1. The maximum absolute atomic E-state index is 12.2. The van der Waals surface area contributed by atoms with Gasteiger partial charge in [0, 0.05) is 29.5 Å². The Hall–Kier alpha value is -2.28.